The van der Waals surface area contributed by atoms with Crippen LogP contribution in [0.15, 0.2) is 71.6 Å². The number of nitrogens with zero attached hydrogens (tertiary/aromatic N) is 2. The topological polar surface area (TPSA) is 66.9 Å². The summed E-state index contributed by atoms with van der Waals surface area (Å²) < 4.78 is 96.6. The second-order valence-corrected chi connectivity index (χ2v) is 11.5. The molecule has 0 N–H and O–H groups in total. The molecule has 0 aromatic heterocycles. The Morgan fingerprint density at radius 2 is 1.52 bits per heavy atom. The van der Waals surface area contributed by atoms with Gasteiger partial charge in [-0.3, -0.25) is 4.79 Å². The van der Waals surface area contributed by atoms with Gasteiger partial charge in [-0.15, -0.1) is 0 Å². The van der Waals surface area contributed by atoms with E-state index in [0.29, 0.717) is 29.9 Å². The van der Waals surface area contributed by atoms with Crippen LogP contribution in [-0.2, 0) is 20.2 Å². The number of hydrogen-bond acceptors (Lipinski definition) is 5. The lowest BCUT2D eigenvalue weighted by Crippen LogP contribution is -2.49. The summed E-state index contributed by atoms with van der Waals surface area (Å²) in [5.41, 5.74) is -1.67. The molecule has 214 valence electrons. The van der Waals surface area contributed by atoms with Crippen LogP contribution in [0.2, 0.25) is 0 Å². The monoisotopic (exact) mass is 582 g/mol. The first-order valence-electron chi connectivity index (χ1n) is 12.2. The number of methoxy groups -OCH3 is 1. The van der Waals surface area contributed by atoms with Crippen molar-refractivity contribution in [3.63, 3.8) is 0 Å². The van der Waals surface area contributed by atoms with Gasteiger partial charge in [0.2, 0.25) is 5.60 Å². The molecule has 0 radical (unpaired) electrons. The maximum absolute atomic E-state index is 13.6. The Bertz CT molecular complexity index is 1460. The molecule has 40 heavy (non-hydrogen) atoms. The fourth-order valence-electron chi connectivity index (χ4n) is 4.70. The summed E-state index contributed by atoms with van der Waals surface area (Å²) >= 11 is 0. The van der Waals surface area contributed by atoms with Gasteiger partial charge in [-0.05, 0) is 53.1 Å². The Morgan fingerprint density at radius 3 is 2.02 bits per heavy atom. The molecule has 12 heteroatoms. The molecular formula is C28H27F5N2O4S. The molecule has 0 aliphatic carbocycles. The van der Waals surface area contributed by atoms with Gasteiger partial charge in [0.25, 0.3) is 5.91 Å². The van der Waals surface area contributed by atoms with Crippen molar-refractivity contribution in [2.45, 2.75) is 16.7 Å². The Kier molecular flexibility index (Phi) is 8.23. The molecule has 0 spiro atoms. The minimum Gasteiger partial charge on any atom is -0.368 e. The fourth-order valence-corrected chi connectivity index (χ4v) is 5.34. The summed E-state index contributed by atoms with van der Waals surface area (Å²) in [6.07, 6.45) is -3.91. The normalized spacial score (nSPS) is 16.1. The molecule has 6 nitrogen and oxygen atoms in total. The van der Waals surface area contributed by atoms with E-state index in [1.807, 2.05) is 4.90 Å². The zero-order chi connectivity index (χ0) is 29.3. The fraction of sp³-hybridized carbons (Fsp3) is 0.321. The largest absolute Gasteiger partial charge is 0.424 e. The molecule has 1 aliphatic rings. The van der Waals surface area contributed by atoms with E-state index in [4.69, 9.17) is 0 Å². The third-order valence-electron chi connectivity index (χ3n) is 7.07. The van der Waals surface area contributed by atoms with E-state index in [-0.39, 0.29) is 29.1 Å². The average Bonchev–Trinajstić information content (AvgIpc) is 2.93. The minimum atomic E-state index is -4.95. The zero-order valence-electron chi connectivity index (χ0n) is 21.7. The zero-order valence-corrected chi connectivity index (χ0v) is 22.5. The Hall–Kier alpha value is -3.51. The van der Waals surface area contributed by atoms with Crippen molar-refractivity contribution in [1.82, 2.24) is 4.90 Å². The molecule has 1 heterocycles. The van der Waals surface area contributed by atoms with Crippen LogP contribution in [0.25, 0.3) is 11.1 Å². The molecule has 0 saturated carbocycles. The molecule has 1 aliphatic heterocycles. The third kappa shape index (κ3) is 5.68. The lowest BCUT2D eigenvalue weighted by atomic mass is 9.93. The standard InChI is InChI=1S/C28H27F5N2O4S/c1-39-27(18-29,28(31,32)33)20-5-9-22(10-6-20)34-13-15-35(16-14-34)26(36)25-17-23(40(2,37)38)11-12-24(25)19-3-7-21(30)8-4-19/h3-12,17H,13-16,18H2,1-2H3. The van der Waals surface area contributed by atoms with Crippen molar-refractivity contribution < 1.29 is 39.9 Å². The van der Waals surface area contributed by atoms with E-state index in [1.54, 1.807) is 4.90 Å². The van der Waals surface area contributed by atoms with Crippen LogP contribution in [0.5, 0.6) is 0 Å². The van der Waals surface area contributed by atoms with E-state index in [0.717, 1.165) is 13.4 Å². The SMILES string of the molecule is COC(CF)(c1ccc(N2CCN(C(=O)c3cc(S(C)(=O)=O)ccc3-c3ccc(F)cc3)CC2)cc1)C(F)(F)F. The van der Waals surface area contributed by atoms with E-state index in [2.05, 4.69) is 4.74 Å². The summed E-state index contributed by atoms with van der Waals surface area (Å²) in [6, 6.07) is 15.0. The molecule has 1 saturated heterocycles. The van der Waals surface area contributed by atoms with Crippen molar-refractivity contribution >= 4 is 21.4 Å². The van der Waals surface area contributed by atoms with Crippen LogP contribution in [-0.4, -0.2) is 71.6 Å². The summed E-state index contributed by atoms with van der Waals surface area (Å²) in [5, 5.41) is 0. The Balaban J connectivity index is 1.55. The van der Waals surface area contributed by atoms with Gasteiger partial charge in [0.1, 0.15) is 12.5 Å². The molecule has 1 atom stereocenters. The van der Waals surface area contributed by atoms with Gasteiger partial charge in [-0.1, -0.05) is 30.3 Å². The van der Waals surface area contributed by atoms with E-state index >= 15 is 0 Å². The number of carbonyl (C=O) groups excluding carboxylic acids is 1. The van der Waals surface area contributed by atoms with Gasteiger partial charge in [-0.2, -0.15) is 13.2 Å². The number of amides is 1. The van der Waals surface area contributed by atoms with Gasteiger partial charge in [0, 0.05) is 50.8 Å². The highest BCUT2D eigenvalue weighted by molar-refractivity contribution is 7.90. The average molecular weight is 583 g/mol. The number of hydrogen-bond donors (Lipinski definition) is 0. The highest BCUT2D eigenvalue weighted by atomic mass is 32.2. The third-order valence-corrected chi connectivity index (χ3v) is 8.18. The minimum absolute atomic E-state index is 0.0280. The second-order valence-electron chi connectivity index (χ2n) is 9.48. The number of piperazine rings is 1. The predicted octanol–water partition coefficient (Wildman–Crippen LogP) is 5.23. The summed E-state index contributed by atoms with van der Waals surface area (Å²) in [7, 11) is -2.80. The molecule has 1 unspecified atom stereocenters. The summed E-state index contributed by atoms with van der Waals surface area (Å²) in [5.74, 6) is -0.859. The van der Waals surface area contributed by atoms with Gasteiger partial charge < -0.3 is 14.5 Å². The molecule has 4 rings (SSSR count). The maximum atomic E-state index is 13.6. The lowest BCUT2D eigenvalue weighted by molar-refractivity contribution is -0.281. The van der Waals surface area contributed by atoms with Gasteiger partial charge in [0.05, 0.1) is 4.90 Å². The molecular weight excluding hydrogens is 555 g/mol. The van der Waals surface area contributed by atoms with E-state index in [1.165, 1.54) is 66.7 Å². The van der Waals surface area contributed by atoms with Crippen molar-refractivity contribution in [1.29, 1.82) is 0 Å². The Labute approximate surface area is 228 Å². The summed E-state index contributed by atoms with van der Waals surface area (Å²) in [4.78, 5) is 17.0. The number of benzene rings is 3. The second kappa shape index (κ2) is 11.2. The van der Waals surface area contributed by atoms with Crippen LogP contribution in [0, 0.1) is 5.82 Å². The van der Waals surface area contributed by atoms with Gasteiger partial charge in [0.15, 0.2) is 9.84 Å². The van der Waals surface area contributed by atoms with Crippen molar-refractivity contribution in [2.24, 2.45) is 0 Å². The molecule has 3 aromatic carbocycles. The Morgan fingerprint density at radius 1 is 0.925 bits per heavy atom. The number of anilines is 1. The van der Waals surface area contributed by atoms with Crippen LogP contribution in [0.1, 0.15) is 15.9 Å². The number of sulfone groups is 1. The van der Waals surface area contributed by atoms with E-state index < -0.39 is 40.0 Å². The maximum Gasteiger partial charge on any atom is 0.424 e. The molecule has 1 amide bonds. The van der Waals surface area contributed by atoms with Gasteiger partial charge in [-0.25, -0.2) is 17.2 Å². The van der Waals surface area contributed by atoms with Crippen LogP contribution < -0.4 is 4.90 Å². The van der Waals surface area contributed by atoms with E-state index in [9.17, 15) is 35.2 Å². The lowest BCUT2D eigenvalue weighted by Gasteiger charge is -2.37. The van der Waals surface area contributed by atoms with Crippen LogP contribution in [0.3, 0.4) is 0 Å². The first-order chi connectivity index (χ1) is 18.8. The quantitative estimate of drug-likeness (QED) is 0.357. The van der Waals surface area contributed by atoms with Crippen molar-refractivity contribution in [2.75, 3.05) is 51.1 Å². The number of halogens is 5. The predicted molar refractivity (Wildman–Crippen MR) is 140 cm³/mol. The molecule has 3 aromatic rings. The van der Waals surface area contributed by atoms with Crippen molar-refractivity contribution in [3.8, 4) is 11.1 Å². The first kappa shape index (κ1) is 29.5. The van der Waals surface area contributed by atoms with Crippen LogP contribution in [0.4, 0.5) is 27.6 Å². The summed E-state index contributed by atoms with van der Waals surface area (Å²) in [6.45, 7) is -0.572. The number of ether oxygens (including phenoxy) is 1. The number of rotatable bonds is 7. The van der Waals surface area contributed by atoms with Crippen molar-refractivity contribution in [3.05, 3.63) is 83.7 Å². The number of alkyl halides is 4. The highest BCUT2D eigenvalue weighted by Gasteiger charge is 2.57. The first-order valence-corrected chi connectivity index (χ1v) is 14.1. The highest BCUT2D eigenvalue weighted by Crippen LogP contribution is 2.42. The number of carbonyl (C=O) groups is 1. The molecule has 1 fully saturated rings. The van der Waals surface area contributed by atoms with Gasteiger partial charge >= 0.3 is 6.18 Å². The molecule has 0 bridgehead atoms. The van der Waals surface area contributed by atoms with Crippen LogP contribution >= 0.6 is 0 Å². The smallest absolute Gasteiger partial charge is 0.368 e.